The van der Waals surface area contributed by atoms with Gasteiger partial charge in [0.15, 0.2) is 0 Å². The van der Waals surface area contributed by atoms with E-state index in [0.29, 0.717) is 13.0 Å². The zero-order valence-corrected chi connectivity index (χ0v) is 14.7. The summed E-state index contributed by atoms with van der Waals surface area (Å²) in [6, 6.07) is 10.2. The highest BCUT2D eigenvalue weighted by molar-refractivity contribution is 5.74. The Morgan fingerprint density at radius 1 is 0.913 bits per heavy atom. The van der Waals surface area contributed by atoms with E-state index in [1.807, 2.05) is 18.2 Å². The summed E-state index contributed by atoms with van der Waals surface area (Å²) in [7, 11) is 0. The van der Waals surface area contributed by atoms with Crippen LogP contribution in [0.1, 0.15) is 76.7 Å². The average molecular weight is 319 g/mol. The van der Waals surface area contributed by atoms with E-state index in [1.165, 1.54) is 44.1 Å². The molecule has 0 spiro atoms. The molecule has 0 atom stereocenters. The standard InChI is InChI=1S/C20H33NO2/c1-2-3-4-5-6-7-8-12-17-20(22)21(23)18-13-16-19-14-10-9-11-15-19/h9-11,14-15,23H,2-8,12-13,16-18H2,1H3. The van der Waals surface area contributed by atoms with E-state index in [4.69, 9.17) is 0 Å². The molecular formula is C20H33NO2. The molecule has 0 aliphatic carbocycles. The molecule has 0 saturated carbocycles. The summed E-state index contributed by atoms with van der Waals surface area (Å²) >= 11 is 0. The number of aryl methyl sites for hydroxylation is 1. The van der Waals surface area contributed by atoms with Crippen LogP contribution in [0, 0.1) is 0 Å². The Morgan fingerprint density at radius 3 is 2.17 bits per heavy atom. The molecule has 0 aromatic heterocycles. The number of amides is 1. The van der Waals surface area contributed by atoms with Crippen molar-refractivity contribution in [2.45, 2.75) is 77.6 Å². The Bertz CT molecular complexity index is 405. The zero-order valence-electron chi connectivity index (χ0n) is 14.7. The monoisotopic (exact) mass is 319 g/mol. The van der Waals surface area contributed by atoms with Gasteiger partial charge in [-0.3, -0.25) is 10.0 Å². The second kappa shape index (κ2) is 13.1. The summed E-state index contributed by atoms with van der Waals surface area (Å²) in [5.74, 6) is -0.135. The molecule has 0 fully saturated rings. The van der Waals surface area contributed by atoms with Crippen molar-refractivity contribution in [2.24, 2.45) is 0 Å². The number of hydrogen-bond donors (Lipinski definition) is 1. The highest BCUT2D eigenvalue weighted by atomic mass is 16.5. The van der Waals surface area contributed by atoms with Crippen LogP contribution in [0.4, 0.5) is 0 Å². The third-order valence-corrected chi connectivity index (χ3v) is 4.21. The highest BCUT2D eigenvalue weighted by Gasteiger charge is 2.09. The van der Waals surface area contributed by atoms with E-state index in [1.54, 1.807) is 0 Å². The Balaban J connectivity index is 1.99. The van der Waals surface area contributed by atoms with Gasteiger partial charge in [0.1, 0.15) is 0 Å². The molecule has 1 aromatic rings. The van der Waals surface area contributed by atoms with Gasteiger partial charge >= 0.3 is 0 Å². The van der Waals surface area contributed by atoms with Gasteiger partial charge in [0.2, 0.25) is 5.91 Å². The van der Waals surface area contributed by atoms with Gasteiger partial charge in [-0.05, 0) is 24.8 Å². The molecule has 0 unspecified atom stereocenters. The van der Waals surface area contributed by atoms with Crippen LogP contribution in [0.3, 0.4) is 0 Å². The van der Waals surface area contributed by atoms with Gasteiger partial charge in [-0.1, -0.05) is 82.2 Å². The molecule has 0 radical (unpaired) electrons. The van der Waals surface area contributed by atoms with E-state index in [2.05, 4.69) is 19.1 Å². The van der Waals surface area contributed by atoms with Crippen LogP contribution in [0.15, 0.2) is 30.3 Å². The van der Waals surface area contributed by atoms with Gasteiger partial charge in [0, 0.05) is 13.0 Å². The molecule has 0 bridgehead atoms. The predicted molar refractivity (Wildman–Crippen MR) is 95.5 cm³/mol. The third kappa shape index (κ3) is 10.1. The summed E-state index contributed by atoms with van der Waals surface area (Å²) in [6.07, 6.45) is 11.9. The number of hydroxylamine groups is 2. The first-order valence-electron chi connectivity index (χ1n) is 9.27. The molecule has 3 heteroatoms. The molecule has 23 heavy (non-hydrogen) atoms. The molecule has 0 saturated heterocycles. The quantitative estimate of drug-likeness (QED) is 0.302. The summed E-state index contributed by atoms with van der Waals surface area (Å²) < 4.78 is 0. The number of carbonyl (C=O) groups is 1. The van der Waals surface area contributed by atoms with Gasteiger partial charge in [0.05, 0.1) is 0 Å². The fourth-order valence-corrected chi connectivity index (χ4v) is 2.74. The third-order valence-electron chi connectivity index (χ3n) is 4.21. The van der Waals surface area contributed by atoms with Crippen LogP contribution in [0.25, 0.3) is 0 Å². The summed E-state index contributed by atoms with van der Waals surface area (Å²) in [5, 5.41) is 10.7. The normalized spacial score (nSPS) is 10.7. The number of benzene rings is 1. The first-order chi connectivity index (χ1) is 11.2. The Kier molecular flexibility index (Phi) is 11.2. The Morgan fingerprint density at radius 2 is 1.52 bits per heavy atom. The van der Waals surface area contributed by atoms with Crippen LogP contribution in [0.2, 0.25) is 0 Å². The number of rotatable bonds is 13. The maximum Gasteiger partial charge on any atom is 0.245 e. The number of unbranched alkanes of at least 4 members (excludes halogenated alkanes) is 7. The topological polar surface area (TPSA) is 40.5 Å². The van der Waals surface area contributed by atoms with Crippen molar-refractivity contribution < 1.29 is 10.0 Å². The predicted octanol–water partition coefficient (Wildman–Crippen LogP) is 5.37. The van der Waals surface area contributed by atoms with Crippen LogP contribution >= 0.6 is 0 Å². The summed E-state index contributed by atoms with van der Waals surface area (Å²) in [4.78, 5) is 11.8. The molecule has 0 aliphatic heterocycles. The average Bonchev–Trinajstić information content (AvgIpc) is 2.58. The highest BCUT2D eigenvalue weighted by Crippen LogP contribution is 2.10. The maximum absolute atomic E-state index is 11.8. The smallest absolute Gasteiger partial charge is 0.245 e. The van der Waals surface area contributed by atoms with Gasteiger partial charge < -0.3 is 0 Å². The van der Waals surface area contributed by atoms with E-state index in [0.717, 1.165) is 30.7 Å². The zero-order chi connectivity index (χ0) is 16.8. The van der Waals surface area contributed by atoms with Gasteiger partial charge in [0.25, 0.3) is 0 Å². The minimum atomic E-state index is -0.135. The van der Waals surface area contributed by atoms with Crippen molar-refractivity contribution in [3.63, 3.8) is 0 Å². The lowest BCUT2D eigenvalue weighted by Gasteiger charge is -2.14. The molecule has 1 rings (SSSR count). The maximum atomic E-state index is 11.8. The van der Waals surface area contributed by atoms with Gasteiger partial charge in [-0.2, -0.15) is 0 Å². The second-order valence-corrected chi connectivity index (χ2v) is 6.33. The second-order valence-electron chi connectivity index (χ2n) is 6.33. The number of carbonyl (C=O) groups excluding carboxylic acids is 1. The van der Waals surface area contributed by atoms with Crippen LogP contribution < -0.4 is 0 Å². The first kappa shape index (κ1) is 19.7. The lowest BCUT2D eigenvalue weighted by molar-refractivity contribution is -0.165. The SMILES string of the molecule is CCCCCCCCCCC(=O)N(O)CCCc1ccccc1. The molecular weight excluding hydrogens is 286 g/mol. The van der Waals surface area contributed by atoms with E-state index >= 15 is 0 Å². The molecule has 1 N–H and O–H groups in total. The van der Waals surface area contributed by atoms with E-state index in [9.17, 15) is 10.0 Å². The summed E-state index contributed by atoms with van der Waals surface area (Å²) in [6.45, 7) is 2.65. The Hall–Kier alpha value is -1.35. The summed E-state index contributed by atoms with van der Waals surface area (Å²) in [5.41, 5.74) is 1.25. The minimum absolute atomic E-state index is 0.135. The van der Waals surface area contributed by atoms with E-state index in [-0.39, 0.29) is 5.91 Å². The van der Waals surface area contributed by atoms with Crippen LogP contribution in [-0.2, 0) is 11.2 Å². The lowest BCUT2D eigenvalue weighted by atomic mass is 10.1. The molecule has 130 valence electrons. The lowest BCUT2D eigenvalue weighted by Crippen LogP contribution is -2.28. The van der Waals surface area contributed by atoms with E-state index < -0.39 is 0 Å². The van der Waals surface area contributed by atoms with Crippen molar-refractivity contribution in [1.29, 1.82) is 0 Å². The Labute approximate surface area is 141 Å². The van der Waals surface area contributed by atoms with Crippen LogP contribution in [0.5, 0.6) is 0 Å². The minimum Gasteiger partial charge on any atom is -0.286 e. The number of hydrogen-bond acceptors (Lipinski definition) is 2. The van der Waals surface area contributed by atoms with Crippen molar-refractivity contribution in [3.05, 3.63) is 35.9 Å². The molecule has 0 heterocycles. The van der Waals surface area contributed by atoms with Crippen LogP contribution in [-0.4, -0.2) is 22.7 Å². The number of nitrogens with zero attached hydrogens (tertiary/aromatic N) is 1. The van der Waals surface area contributed by atoms with Crippen molar-refractivity contribution in [2.75, 3.05) is 6.54 Å². The fourth-order valence-electron chi connectivity index (χ4n) is 2.74. The van der Waals surface area contributed by atoms with Crippen molar-refractivity contribution in [3.8, 4) is 0 Å². The van der Waals surface area contributed by atoms with Crippen molar-refractivity contribution >= 4 is 5.91 Å². The molecule has 3 nitrogen and oxygen atoms in total. The molecule has 1 aromatic carbocycles. The molecule has 1 amide bonds. The fraction of sp³-hybridized carbons (Fsp3) is 0.650. The first-order valence-corrected chi connectivity index (χ1v) is 9.27. The largest absolute Gasteiger partial charge is 0.286 e. The van der Waals surface area contributed by atoms with Gasteiger partial charge in [-0.25, -0.2) is 5.06 Å². The van der Waals surface area contributed by atoms with Gasteiger partial charge in [-0.15, -0.1) is 0 Å². The van der Waals surface area contributed by atoms with Crippen molar-refractivity contribution in [1.82, 2.24) is 5.06 Å². The molecule has 0 aliphatic rings.